The van der Waals surface area contributed by atoms with Crippen molar-refractivity contribution in [1.82, 2.24) is 20.8 Å². The molecule has 8 nitrogen and oxygen atoms in total. The van der Waals surface area contributed by atoms with Gasteiger partial charge in [-0.1, -0.05) is 18.2 Å². The number of furan rings is 1. The molecule has 4 aromatic rings. The second-order valence-electron chi connectivity index (χ2n) is 7.55. The van der Waals surface area contributed by atoms with E-state index in [1.807, 2.05) is 55.5 Å². The molecule has 0 saturated carbocycles. The standard InChI is InChI=1S/C24H21N5O3/c1-2-25-24(31)27-22-12-15-11-14(7-9-19(15)26-22)21-10-8-16(32-21)13-20-17-5-3-4-6-18(17)23(30)29-28-20/h3-11H,2,12-13H2,1H3,(H,29,30)(H2,25,26,27,31). The molecule has 0 radical (unpaired) electrons. The van der Waals surface area contributed by atoms with Gasteiger partial charge in [0, 0.05) is 23.9 Å². The van der Waals surface area contributed by atoms with Crippen LogP contribution in [0.4, 0.5) is 10.5 Å². The summed E-state index contributed by atoms with van der Waals surface area (Å²) in [6, 6.07) is 16.9. The number of urea groups is 1. The predicted molar refractivity (Wildman–Crippen MR) is 122 cm³/mol. The summed E-state index contributed by atoms with van der Waals surface area (Å²) < 4.78 is 6.09. The van der Waals surface area contributed by atoms with E-state index in [1.54, 1.807) is 6.07 Å². The van der Waals surface area contributed by atoms with Crippen LogP contribution in [-0.4, -0.2) is 28.6 Å². The van der Waals surface area contributed by atoms with E-state index in [2.05, 4.69) is 25.8 Å². The molecule has 5 rings (SSSR count). The van der Waals surface area contributed by atoms with Gasteiger partial charge in [-0.05, 0) is 48.9 Å². The number of nitrogens with one attached hydrogen (secondary N) is 3. The number of H-pyrrole nitrogens is 1. The highest BCUT2D eigenvalue weighted by Crippen LogP contribution is 2.32. The smallest absolute Gasteiger partial charge is 0.320 e. The molecule has 2 amide bonds. The molecule has 0 fully saturated rings. The normalized spacial score (nSPS) is 12.5. The minimum Gasteiger partial charge on any atom is -0.461 e. The Bertz CT molecular complexity index is 1420. The molecule has 0 saturated heterocycles. The quantitative estimate of drug-likeness (QED) is 0.461. The Labute approximate surface area is 183 Å². The van der Waals surface area contributed by atoms with Gasteiger partial charge in [-0.2, -0.15) is 5.10 Å². The Morgan fingerprint density at radius 3 is 2.81 bits per heavy atom. The monoisotopic (exact) mass is 427 g/mol. The van der Waals surface area contributed by atoms with Gasteiger partial charge in [0.25, 0.3) is 5.56 Å². The van der Waals surface area contributed by atoms with E-state index in [9.17, 15) is 9.59 Å². The molecule has 2 aromatic heterocycles. The molecule has 8 heteroatoms. The summed E-state index contributed by atoms with van der Waals surface area (Å²) in [4.78, 5) is 28.2. The van der Waals surface area contributed by atoms with Crippen LogP contribution in [-0.2, 0) is 12.8 Å². The van der Waals surface area contributed by atoms with Crippen molar-refractivity contribution in [2.24, 2.45) is 4.99 Å². The number of carbonyl (C=O) groups excluding carboxylic acids is 1. The fourth-order valence-electron chi connectivity index (χ4n) is 3.86. The number of rotatable bonds is 4. The zero-order valence-corrected chi connectivity index (χ0v) is 17.4. The van der Waals surface area contributed by atoms with E-state index in [-0.39, 0.29) is 11.6 Å². The molecule has 0 aliphatic carbocycles. The first kappa shape index (κ1) is 19.7. The molecule has 0 bridgehead atoms. The molecule has 32 heavy (non-hydrogen) atoms. The number of amidine groups is 1. The van der Waals surface area contributed by atoms with Crippen LogP contribution in [0, 0.1) is 0 Å². The molecule has 0 unspecified atom stereocenters. The number of aliphatic imine (C=N–C) groups is 1. The Morgan fingerprint density at radius 2 is 1.97 bits per heavy atom. The second kappa shape index (κ2) is 8.14. The predicted octanol–water partition coefficient (Wildman–Crippen LogP) is 3.68. The Kier molecular flexibility index (Phi) is 5.03. The summed E-state index contributed by atoms with van der Waals surface area (Å²) in [6.07, 6.45) is 1.02. The van der Waals surface area contributed by atoms with Gasteiger partial charge in [0.1, 0.15) is 17.4 Å². The number of carbonyl (C=O) groups is 1. The lowest BCUT2D eigenvalue weighted by Crippen LogP contribution is -2.39. The van der Waals surface area contributed by atoms with Crippen molar-refractivity contribution in [2.45, 2.75) is 19.8 Å². The number of aromatic amines is 1. The van der Waals surface area contributed by atoms with Crippen molar-refractivity contribution < 1.29 is 9.21 Å². The van der Waals surface area contributed by atoms with Gasteiger partial charge < -0.3 is 9.73 Å². The lowest BCUT2D eigenvalue weighted by Gasteiger charge is -2.04. The average molecular weight is 427 g/mol. The third-order valence-corrected chi connectivity index (χ3v) is 5.35. The molecule has 1 aliphatic heterocycles. The molecule has 1 aliphatic rings. The highest BCUT2D eigenvalue weighted by Gasteiger charge is 2.18. The van der Waals surface area contributed by atoms with Crippen LogP contribution in [0.5, 0.6) is 0 Å². The highest BCUT2D eigenvalue weighted by molar-refractivity contribution is 6.02. The SMILES string of the molecule is CCNC(=O)NC1=Nc2ccc(-c3ccc(Cc4n[nH]c(=O)c5ccccc45)o3)cc2C1. The minimum atomic E-state index is -0.252. The van der Waals surface area contributed by atoms with Crippen molar-refractivity contribution >= 4 is 28.3 Å². The molecule has 3 N–H and O–H groups in total. The maximum Gasteiger partial charge on any atom is 0.320 e. The maximum atomic E-state index is 12.0. The number of hydrogen-bond donors (Lipinski definition) is 3. The molecule has 160 valence electrons. The zero-order chi connectivity index (χ0) is 22.1. The van der Waals surface area contributed by atoms with E-state index in [1.165, 1.54) is 0 Å². The van der Waals surface area contributed by atoms with Crippen molar-refractivity contribution in [3.8, 4) is 11.3 Å². The van der Waals surface area contributed by atoms with Crippen LogP contribution in [0.25, 0.3) is 22.1 Å². The van der Waals surface area contributed by atoms with E-state index < -0.39 is 0 Å². The maximum absolute atomic E-state index is 12.0. The fourth-order valence-corrected chi connectivity index (χ4v) is 3.86. The fraction of sp³-hybridized carbons (Fsp3) is 0.167. The van der Waals surface area contributed by atoms with Crippen molar-refractivity contribution in [2.75, 3.05) is 6.54 Å². The minimum absolute atomic E-state index is 0.203. The largest absolute Gasteiger partial charge is 0.461 e. The van der Waals surface area contributed by atoms with Gasteiger partial charge in [-0.3, -0.25) is 10.1 Å². The van der Waals surface area contributed by atoms with Gasteiger partial charge in [0.05, 0.1) is 23.2 Å². The number of amides is 2. The number of hydrogen-bond acceptors (Lipinski definition) is 5. The Balaban J connectivity index is 1.35. The van der Waals surface area contributed by atoms with Gasteiger partial charge in [0.15, 0.2) is 0 Å². The zero-order valence-electron chi connectivity index (χ0n) is 17.4. The molecule has 0 atom stereocenters. The molecule has 3 heterocycles. The van der Waals surface area contributed by atoms with E-state index in [4.69, 9.17) is 4.42 Å². The summed E-state index contributed by atoms with van der Waals surface area (Å²) in [5.74, 6) is 2.11. The highest BCUT2D eigenvalue weighted by atomic mass is 16.3. The molecule has 0 spiro atoms. The van der Waals surface area contributed by atoms with Crippen LogP contribution in [0.1, 0.15) is 23.9 Å². The number of benzene rings is 2. The second-order valence-corrected chi connectivity index (χ2v) is 7.55. The Hall–Kier alpha value is -4.20. The topological polar surface area (TPSA) is 112 Å². The van der Waals surface area contributed by atoms with Crippen molar-refractivity contribution in [1.29, 1.82) is 0 Å². The summed E-state index contributed by atoms with van der Waals surface area (Å²) in [7, 11) is 0. The summed E-state index contributed by atoms with van der Waals surface area (Å²) in [5, 5.41) is 13.7. The van der Waals surface area contributed by atoms with Crippen LogP contribution in [0.3, 0.4) is 0 Å². The molecular weight excluding hydrogens is 406 g/mol. The van der Waals surface area contributed by atoms with Crippen LogP contribution >= 0.6 is 0 Å². The summed E-state index contributed by atoms with van der Waals surface area (Å²) >= 11 is 0. The van der Waals surface area contributed by atoms with Crippen LogP contribution in [0.15, 0.2) is 68.8 Å². The first-order valence-electron chi connectivity index (χ1n) is 10.4. The first-order chi connectivity index (χ1) is 15.6. The Morgan fingerprint density at radius 1 is 1.12 bits per heavy atom. The van der Waals surface area contributed by atoms with Gasteiger partial charge >= 0.3 is 6.03 Å². The van der Waals surface area contributed by atoms with E-state index in [0.29, 0.717) is 30.6 Å². The summed E-state index contributed by atoms with van der Waals surface area (Å²) in [5.41, 5.74) is 3.36. The third kappa shape index (κ3) is 3.78. The van der Waals surface area contributed by atoms with E-state index >= 15 is 0 Å². The van der Waals surface area contributed by atoms with Crippen LogP contribution < -0.4 is 16.2 Å². The first-order valence-corrected chi connectivity index (χ1v) is 10.4. The van der Waals surface area contributed by atoms with E-state index in [0.717, 1.165) is 39.4 Å². The van der Waals surface area contributed by atoms with Crippen LogP contribution in [0.2, 0.25) is 0 Å². The van der Waals surface area contributed by atoms with Crippen molar-refractivity contribution in [3.05, 3.63) is 82.0 Å². The molecular formula is C24H21N5O3. The lowest BCUT2D eigenvalue weighted by atomic mass is 10.1. The number of fused-ring (bicyclic) bond motifs is 2. The lowest BCUT2D eigenvalue weighted by molar-refractivity contribution is 0.245. The third-order valence-electron chi connectivity index (χ3n) is 5.35. The van der Waals surface area contributed by atoms with Gasteiger partial charge in [-0.15, -0.1) is 0 Å². The van der Waals surface area contributed by atoms with Crippen molar-refractivity contribution in [3.63, 3.8) is 0 Å². The summed E-state index contributed by atoms with van der Waals surface area (Å²) in [6.45, 7) is 2.42. The number of aromatic nitrogens is 2. The molecule has 2 aromatic carbocycles. The average Bonchev–Trinajstić information content (AvgIpc) is 3.42. The van der Waals surface area contributed by atoms with Gasteiger partial charge in [0.2, 0.25) is 0 Å². The number of nitrogens with zero attached hydrogens (tertiary/aromatic N) is 2. The van der Waals surface area contributed by atoms with Gasteiger partial charge in [-0.25, -0.2) is 14.9 Å².